The quantitative estimate of drug-likeness (QED) is 0.841. The summed E-state index contributed by atoms with van der Waals surface area (Å²) in [6.07, 6.45) is 2.42. The zero-order valence-electron chi connectivity index (χ0n) is 14.1. The van der Waals surface area contributed by atoms with Gasteiger partial charge in [0, 0.05) is 36.2 Å². The second-order valence-electron chi connectivity index (χ2n) is 5.88. The second-order valence-corrected chi connectivity index (χ2v) is 5.88. The summed E-state index contributed by atoms with van der Waals surface area (Å²) in [6, 6.07) is 14.4. The first-order chi connectivity index (χ1) is 12.2. The molecule has 0 spiro atoms. The smallest absolute Gasteiger partial charge is 0.314 e. The summed E-state index contributed by atoms with van der Waals surface area (Å²) in [5.74, 6) is -0.829. The molecule has 3 rings (SSSR count). The minimum absolute atomic E-state index is 0.504. The van der Waals surface area contributed by atoms with Gasteiger partial charge in [0.05, 0.1) is 7.11 Å². The van der Waals surface area contributed by atoms with Gasteiger partial charge in [-0.05, 0) is 49.2 Å². The summed E-state index contributed by atoms with van der Waals surface area (Å²) in [6.45, 7) is 2.13. The largest absolute Gasteiger partial charge is 0.497 e. The highest BCUT2D eigenvalue weighted by Crippen LogP contribution is 2.22. The number of carbonyl (C=O) groups excluding carboxylic acids is 2. The van der Waals surface area contributed by atoms with Gasteiger partial charge in [0.1, 0.15) is 5.75 Å². The van der Waals surface area contributed by atoms with Crippen LogP contribution in [0.4, 0.5) is 17.1 Å². The maximum absolute atomic E-state index is 12.0. The Bertz CT molecular complexity index is 753. The summed E-state index contributed by atoms with van der Waals surface area (Å²) < 4.78 is 5.09. The van der Waals surface area contributed by atoms with Gasteiger partial charge in [0.15, 0.2) is 0 Å². The molecule has 0 atom stereocenters. The van der Waals surface area contributed by atoms with Crippen LogP contribution >= 0.6 is 0 Å². The third-order valence-corrected chi connectivity index (χ3v) is 4.13. The molecular formula is C19H21N3O3. The Labute approximate surface area is 146 Å². The van der Waals surface area contributed by atoms with Gasteiger partial charge in [-0.15, -0.1) is 0 Å². The van der Waals surface area contributed by atoms with Crippen LogP contribution in [0.15, 0.2) is 48.5 Å². The predicted molar refractivity (Wildman–Crippen MR) is 98.1 cm³/mol. The summed E-state index contributed by atoms with van der Waals surface area (Å²) in [4.78, 5) is 26.4. The van der Waals surface area contributed by atoms with Crippen molar-refractivity contribution >= 4 is 28.9 Å². The molecule has 6 heteroatoms. The van der Waals surface area contributed by atoms with Crippen LogP contribution in [0, 0.1) is 0 Å². The van der Waals surface area contributed by atoms with E-state index >= 15 is 0 Å². The number of benzene rings is 2. The third-order valence-electron chi connectivity index (χ3n) is 4.13. The van der Waals surface area contributed by atoms with Gasteiger partial charge in [0.2, 0.25) is 0 Å². The summed E-state index contributed by atoms with van der Waals surface area (Å²) in [5, 5.41) is 5.16. The lowest BCUT2D eigenvalue weighted by atomic mass is 10.2. The van der Waals surface area contributed by atoms with Crippen LogP contribution in [0.1, 0.15) is 12.8 Å². The molecule has 0 saturated carbocycles. The Balaban J connectivity index is 1.58. The Hall–Kier alpha value is -3.02. The molecule has 0 bridgehead atoms. The van der Waals surface area contributed by atoms with Crippen molar-refractivity contribution in [2.24, 2.45) is 0 Å². The molecule has 130 valence electrons. The molecule has 1 aliphatic heterocycles. The van der Waals surface area contributed by atoms with Crippen molar-refractivity contribution < 1.29 is 14.3 Å². The van der Waals surface area contributed by atoms with E-state index < -0.39 is 11.8 Å². The lowest BCUT2D eigenvalue weighted by Gasteiger charge is -2.17. The number of rotatable bonds is 4. The number of anilines is 3. The van der Waals surface area contributed by atoms with Crippen LogP contribution in [-0.2, 0) is 9.59 Å². The van der Waals surface area contributed by atoms with E-state index in [1.807, 2.05) is 24.3 Å². The van der Waals surface area contributed by atoms with E-state index in [2.05, 4.69) is 15.5 Å². The molecule has 0 unspecified atom stereocenters. The molecule has 2 aromatic carbocycles. The molecule has 1 aliphatic rings. The Morgan fingerprint density at radius 2 is 1.56 bits per heavy atom. The van der Waals surface area contributed by atoms with Crippen molar-refractivity contribution in [3.8, 4) is 5.75 Å². The van der Waals surface area contributed by atoms with Gasteiger partial charge in [-0.3, -0.25) is 9.59 Å². The van der Waals surface area contributed by atoms with E-state index in [1.165, 1.54) is 12.8 Å². The minimum atomic E-state index is -0.725. The van der Waals surface area contributed by atoms with E-state index in [-0.39, 0.29) is 0 Å². The van der Waals surface area contributed by atoms with Crippen LogP contribution < -0.4 is 20.3 Å². The number of ether oxygens (including phenoxy) is 1. The summed E-state index contributed by atoms with van der Waals surface area (Å²) >= 11 is 0. The van der Waals surface area contributed by atoms with Gasteiger partial charge in [0.25, 0.3) is 0 Å². The van der Waals surface area contributed by atoms with Crippen LogP contribution in [0.3, 0.4) is 0 Å². The number of carbonyl (C=O) groups is 2. The Morgan fingerprint density at radius 3 is 2.20 bits per heavy atom. The average molecular weight is 339 g/mol. The zero-order chi connectivity index (χ0) is 17.6. The minimum Gasteiger partial charge on any atom is -0.497 e. The maximum atomic E-state index is 12.0. The highest BCUT2D eigenvalue weighted by atomic mass is 16.5. The number of nitrogens with one attached hydrogen (secondary N) is 2. The topological polar surface area (TPSA) is 70.7 Å². The number of hydrogen-bond donors (Lipinski definition) is 2. The summed E-state index contributed by atoms with van der Waals surface area (Å²) in [7, 11) is 1.54. The molecule has 2 aromatic rings. The van der Waals surface area contributed by atoms with Crippen molar-refractivity contribution in [2.75, 3.05) is 35.7 Å². The molecule has 6 nitrogen and oxygen atoms in total. The SMILES string of the molecule is COc1cccc(NC(=O)C(=O)Nc2ccc(N3CCCC3)cc2)c1. The number of amides is 2. The van der Waals surface area contributed by atoms with Crippen molar-refractivity contribution in [3.63, 3.8) is 0 Å². The molecular weight excluding hydrogens is 318 g/mol. The molecule has 0 radical (unpaired) electrons. The fraction of sp³-hybridized carbons (Fsp3) is 0.263. The van der Waals surface area contributed by atoms with Gasteiger partial charge < -0.3 is 20.3 Å². The lowest BCUT2D eigenvalue weighted by molar-refractivity contribution is -0.132. The average Bonchev–Trinajstić information content (AvgIpc) is 3.17. The molecule has 0 aromatic heterocycles. The van der Waals surface area contributed by atoms with Crippen molar-refractivity contribution in [1.29, 1.82) is 0 Å². The monoisotopic (exact) mass is 339 g/mol. The van der Waals surface area contributed by atoms with Crippen molar-refractivity contribution in [2.45, 2.75) is 12.8 Å². The maximum Gasteiger partial charge on any atom is 0.314 e. The molecule has 1 fully saturated rings. The highest BCUT2D eigenvalue weighted by molar-refractivity contribution is 6.43. The molecule has 2 amide bonds. The Kier molecular flexibility index (Phi) is 5.18. The van der Waals surface area contributed by atoms with Crippen LogP contribution in [0.2, 0.25) is 0 Å². The number of methoxy groups -OCH3 is 1. The van der Waals surface area contributed by atoms with E-state index in [1.54, 1.807) is 31.4 Å². The first-order valence-corrected chi connectivity index (χ1v) is 8.27. The van der Waals surface area contributed by atoms with Gasteiger partial charge >= 0.3 is 11.8 Å². The fourth-order valence-corrected chi connectivity index (χ4v) is 2.81. The van der Waals surface area contributed by atoms with E-state index in [0.29, 0.717) is 17.1 Å². The zero-order valence-corrected chi connectivity index (χ0v) is 14.1. The molecule has 1 heterocycles. The number of nitrogens with zero attached hydrogens (tertiary/aromatic N) is 1. The third kappa shape index (κ3) is 4.29. The molecule has 2 N–H and O–H groups in total. The molecule has 1 saturated heterocycles. The van der Waals surface area contributed by atoms with Crippen molar-refractivity contribution in [3.05, 3.63) is 48.5 Å². The van der Waals surface area contributed by atoms with Crippen LogP contribution in [0.25, 0.3) is 0 Å². The highest BCUT2D eigenvalue weighted by Gasteiger charge is 2.15. The normalized spacial score (nSPS) is 13.4. The first kappa shape index (κ1) is 16.8. The Morgan fingerprint density at radius 1 is 0.920 bits per heavy atom. The molecule has 25 heavy (non-hydrogen) atoms. The van der Waals surface area contributed by atoms with Gasteiger partial charge in [-0.1, -0.05) is 6.07 Å². The number of hydrogen-bond acceptors (Lipinski definition) is 4. The lowest BCUT2D eigenvalue weighted by Crippen LogP contribution is -2.29. The van der Waals surface area contributed by atoms with E-state index in [9.17, 15) is 9.59 Å². The standard InChI is InChI=1S/C19H21N3O3/c1-25-17-6-4-5-15(13-17)21-19(24)18(23)20-14-7-9-16(10-8-14)22-11-2-3-12-22/h4-10,13H,2-3,11-12H2,1H3,(H,20,23)(H,21,24). The molecule has 0 aliphatic carbocycles. The van der Waals surface area contributed by atoms with Gasteiger partial charge in [-0.25, -0.2) is 0 Å². The predicted octanol–water partition coefficient (Wildman–Crippen LogP) is 2.87. The fourth-order valence-electron chi connectivity index (χ4n) is 2.81. The van der Waals surface area contributed by atoms with E-state index in [0.717, 1.165) is 18.8 Å². The van der Waals surface area contributed by atoms with E-state index in [4.69, 9.17) is 4.74 Å². The second kappa shape index (κ2) is 7.70. The van der Waals surface area contributed by atoms with Crippen LogP contribution in [-0.4, -0.2) is 32.0 Å². The first-order valence-electron chi connectivity index (χ1n) is 8.27. The van der Waals surface area contributed by atoms with Crippen LogP contribution in [0.5, 0.6) is 5.75 Å². The van der Waals surface area contributed by atoms with Gasteiger partial charge in [-0.2, -0.15) is 0 Å². The van der Waals surface area contributed by atoms with Crippen molar-refractivity contribution in [1.82, 2.24) is 0 Å². The summed E-state index contributed by atoms with van der Waals surface area (Å²) in [5.41, 5.74) is 2.23.